The van der Waals surface area contributed by atoms with Crippen LogP contribution in [0.5, 0.6) is 5.75 Å². The van der Waals surface area contributed by atoms with Gasteiger partial charge in [-0.25, -0.2) is 0 Å². The Hall–Kier alpha value is -1.02. The van der Waals surface area contributed by atoms with Crippen molar-refractivity contribution in [3.63, 3.8) is 0 Å². The minimum atomic E-state index is 0.401. The number of benzene rings is 1. The average molecular weight is 247 g/mol. The Kier molecular flexibility index (Phi) is 4.28. The molecule has 1 saturated carbocycles. The Labute approximate surface area is 111 Å². The fourth-order valence-corrected chi connectivity index (χ4v) is 2.70. The van der Waals surface area contributed by atoms with Crippen LogP contribution in [-0.2, 0) is 0 Å². The summed E-state index contributed by atoms with van der Waals surface area (Å²) in [5.41, 5.74) is 1.31. The monoisotopic (exact) mass is 247 g/mol. The zero-order chi connectivity index (χ0) is 13.1. The molecule has 0 saturated heterocycles. The van der Waals surface area contributed by atoms with E-state index in [2.05, 4.69) is 44.3 Å². The van der Waals surface area contributed by atoms with E-state index in [9.17, 15) is 0 Å². The molecule has 0 amide bonds. The molecule has 2 nitrogen and oxygen atoms in total. The van der Waals surface area contributed by atoms with Crippen molar-refractivity contribution >= 4 is 0 Å². The van der Waals surface area contributed by atoms with Crippen molar-refractivity contribution < 1.29 is 4.74 Å². The van der Waals surface area contributed by atoms with E-state index in [0.29, 0.717) is 12.1 Å². The normalized spacial score (nSPS) is 24.7. The number of ether oxygens (including phenoxy) is 1. The van der Waals surface area contributed by atoms with Crippen molar-refractivity contribution in [3.8, 4) is 5.75 Å². The van der Waals surface area contributed by atoms with Crippen LogP contribution in [0.2, 0.25) is 0 Å². The highest BCUT2D eigenvalue weighted by molar-refractivity contribution is 5.30. The fraction of sp³-hybridized carbons (Fsp3) is 0.625. The predicted octanol–water partition coefficient (Wildman–Crippen LogP) is 3.78. The quantitative estimate of drug-likeness (QED) is 0.855. The topological polar surface area (TPSA) is 21.3 Å². The maximum Gasteiger partial charge on any atom is 0.119 e. The van der Waals surface area contributed by atoms with Crippen molar-refractivity contribution in [2.75, 3.05) is 7.11 Å². The lowest BCUT2D eigenvalue weighted by Gasteiger charge is -2.40. The minimum absolute atomic E-state index is 0.401. The van der Waals surface area contributed by atoms with Gasteiger partial charge in [0.05, 0.1) is 7.11 Å². The Morgan fingerprint density at radius 2 is 1.94 bits per heavy atom. The lowest BCUT2D eigenvalue weighted by molar-refractivity contribution is 0.159. The van der Waals surface area contributed by atoms with Crippen LogP contribution in [0.15, 0.2) is 24.3 Å². The van der Waals surface area contributed by atoms with Crippen molar-refractivity contribution in [2.24, 2.45) is 11.8 Å². The zero-order valence-electron chi connectivity index (χ0n) is 11.9. The number of hydrogen-bond donors (Lipinski definition) is 1. The minimum Gasteiger partial charge on any atom is -0.497 e. The largest absolute Gasteiger partial charge is 0.497 e. The summed E-state index contributed by atoms with van der Waals surface area (Å²) in [6.45, 7) is 6.89. The SMILES string of the molecule is COc1cccc(C(C)NC2CC(C(C)C)C2)c1. The fourth-order valence-electron chi connectivity index (χ4n) is 2.70. The van der Waals surface area contributed by atoms with Gasteiger partial charge in [-0.1, -0.05) is 26.0 Å². The van der Waals surface area contributed by atoms with Crippen LogP contribution >= 0.6 is 0 Å². The van der Waals surface area contributed by atoms with Crippen LogP contribution in [0, 0.1) is 11.8 Å². The third-order valence-corrected chi connectivity index (χ3v) is 4.20. The lowest BCUT2D eigenvalue weighted by atomic mass is 9.73. The van der Waals surface area contributed by atoms with Gasteiger partial charge in [0.1, 0.15) is 5.75 Å². The summed E-state index contributed by atoms with van der Waals surface area (Å²) < 4.78 is 5.27. The number of nitrogens with one attached hydrogen (secondary N) is 1. The molecule has 100 valence electrons. The standard InChI is InChI=1S/C16H25NO/c1-11(2)14-8-15(9-14)17-12(3)13-6-5-7-16(10-13)18-4/h5-7,10-12,14-15,17H,8-9H2,1-4H3. The van der Waals surface area contributed by atoms with E-state index in [4.69, 9.17) is 4.74 Å². The Bertz CT molecular complexity index is 382. The number of hydrogen-bond acceptors (Lipinski definition) is 2. The van der Waals surface area contributed by atoms with Gasteiger partial charge >= 0.3 is 0 Å². The first kappa shape index (κ1) is 13.4. The van der Waals surface area contributed by atoms with Crippen LogP contribution < -0.4 is 10.1 Å². The molecule has 0 aliphatic heterocycles. The third-order valence-electron chi connectivity index (χ3n) is 4.20. The first-order valence-electron chi connectivity index (χ1n) is 7.00. The number of rotatable bonds is 5. The maximum atomic E-state index is 5.27. The van der Waals surface area contributed by atoms with E-state index in [1.54, 1.807) is 7.11 Å². The highest BCUT2D eigenvalue weighted by Crippen LogP contribution is 2.35. The molecule has 1 aliphatic carbocycles. The molecular weight excluding hydrogens is 222 g/mol. The van der Waals surface area contributed by atoms with Crippen molar-refractivity contribution in [3.05, 3.63) is 29.8 Å². The van der Waals surface area contributed by atoms with Crippen LogP contribution in [0.25, 0.3) is 0 Å². The lowest BCUT2D eigenvalue weighted by Crippen LogP contribution is -2.43. The van der Waals surface area contributed by atoms with Gasteiger partial charge in [0.2, 0.25) is 0 Å². The molecule has 1 aliphatic rings. The van der Waals surface area contributed by atoms with Crippen LogP contribution in [0.1, 0.15) is 45.2 Å². The second-order valence-corrected chi connectivity index (χ2v) is 5.84. The average Bonchev–Trinajstić information content (AvgIpc) is 2.32. The smallest absolute Gasteiger partial charge is 0.119 e. The second-order valence-electron chi connectivity index (χ2n) is 5.84. The van der Waals surface area contributed by atoms with Gasteiger partial charge < -0.3 is 10.1 Å². The maximum absolute atomic E-state index is 5.27. The van der Waals surface area contributed by atoms with E-state index < -0.39 is 0 Å². The highest BCUT2D eigenvalue weighted by atomic mass is 16.5. The molecule has 0 heterocycles. The van der Waals surface area contributed by atoms with Crippen LogP contribution in [0.3, 0.4) is 0 Å². The molecule has 0 aromatic heterocycles. The highest BCUT2D eigenvalue weighted by Gasteiger charge is 2.31. The summed E-state index contributed by atoms with van der Waals surface area (Å²) in [6.07, 6.45) is 2.65. The van der Waals surface area contributed by atoms with E-state index >= 15 is 0 Å². The molecule has 1 aromatic carbocycles. The molecule has 0 radical (unpaired) electrons. The van der Waals surface area contributed by atoms with Gasteiger partial charge in [-0.2, -0.15) is 0 Å². The first-order valence-corrected chi connectivity index (χ1v) is 7.00. The summed E-state index contributed by atoms with van der Waals surface area (Å²) in [7, 11) is 1.72. The van der Waals surface area contributed by atoms with Gasteiger partial charge in [0, 0.05) is 12.1 Å². The van der Waals surface area contributed by atoms with Crippen molar-refractivity contribution in [1.82, 2.24) is 5.32 Å². The summed E-state index contributed by atoms with van der Waals surface area (Å²) >= 11 is 0. The van der Waals surface area contributed by atoms with E-state index in [0.717, 1.165) is 17.6 Å². The van der Waals surface area contributed by atoms with E-state index in [1.807, 2.05) is 6.07 Å². The molecule has 2 rings (SSSR count). The molecule has 1 fully saturated rings. The Morgan fingerprint density at radius 3 is 2.56 bits per heavy atom. The molecular formula is C16H25NO. The second kappa shape index (κ2) is 5.75. The summed E-state index contributed by atoms with van der Waals surface area (Å²) in [5, 5.41) is 3.71. The van der Waals surface area contributed by atoms with Gasteiger partial charge in [0.25, 0.3) is 0 Å². The molecule has 2 heteroatoms. The summed E-state index contributed by atoms with van der Waals surface area (Å²) in [5.74, 6) is 2.69. The van der Waals surface area contributed by atoms with Crippen LogP contribution in [0.4, 0.5) is 0 Å². The van der Waals surface area contributed by atoms with Gasteiger partial charge in [-0.05, 0) is 49.3 Å². The van der Waals surface area contributed by atoms with Gasteiger partial charge in [-0.15, -0.1) is 0 Å². The van der Waals surface area contributed by atoms with E-state index in [-0.39, 0.29) is 0 Å². The zero-order valence-corrected chi connectivity index (χ0v) is 11.9. The summed E-state index contributed by atoms with van der Waals surface area (Å²) in [4.78, 5) is 0. The Morgan fingerprint density at radius 1 is 1.22 bits per heavy atom. The molecule has 1 unspecified atom stereocenters. The molecule has 1 aromatic rings. The Balaban J connectivity index is 1.86. The van der Waals surface area contributed by atoms with E-state index in [1.165, 1.54) is 18.4 Å². The third kappa shape index (κ3) is 3.05. The molecule has 1 N–H and O–H groups in total. The van der Waals surface area contributed by atoms with Crippen molar-refractivity contribution in [2.45, 2.75) is 45.7 Å². The number of methoxy groups -OCH3 is 1. The van der Waals surface area contributed by atoms with Crippen LogP contribution in [-0.4, -0.2) is 13.2 Å². The predicted molar refractivity (Wildman–Crippen MR) is 75.9 cm³/mol. The van der Waals surface area contributed by atoms with Gasteiger partial charge in [0.15, 0.2) is 0 Å². The molecule has 1 atom stereocenters. The molecule has 18 heavy (non-hydrogen) atoms. The van der Waals surface area contributed by atoms with Gasteiger partial charge in [-0.3, -0.25) is 0 Å². The summed E-state index contributed by atoms with van der Waals surface area (Å²) in [6, 6.07) is 9.43. The van der Waals surface area contributed by atoms with Crippen molar-refractivity contribution in [1.29, 1.82) is 0 Å². The molecule has 0 bridgehead atoms. The first-order chi connectivity index (χ1) is 8.60. The molecule has 0 spiro atoms.